The summed E-state index contributed by atoms with van der Waals surface area (Å²) in [6.45, 7) is 4.02. The van der Waals surface area contributed by atoms with Crippen LogP contribution in [0.5, 0.6) is 0 Å². The summed E-state index contributed by atoms with van der Waals surface area (Å²) in [6, 6.07) is 0. The van der Waals surface area contributed by atoms with Gasteiger partial charge < -0.3 is 10.2 Å². The summed E-state index contributed by atoms with van der Waals surface area (Å²) in [4.78, 5) is 0. The fourth-order valence-electron chi connectivity index (χ4n) is 2.10. The van der Waals surface area contributed by atoms with E-state index in [9.17, 15) is 10.2 Å². The van der Waals surface area contributed by atoms with Gasteiger partial charge in [-0.05, 0) is 31.6 Å². The molecular weight excluding hydrogens is 200 g/mol. The first kappa shape index (κ1) is 13.2. The Labute approximate surface area is 98.0 Å². The van der Waals surface area contributed by atoms with Crippen LogP contribution in [-0.2, 0) is 0 Å². The highest BCUT2D eigenvalue weighted by molar-refractivity contribution is 5.12. The molecule has 1 aliphatic rings. The number of hydrogen-bond acceptors (Lipinski definition) is 2. The minimum atomic E-state index is -0.377. The van der Waals surface area contributed by atoms with Gasteiger partial charge in [-0.1, -0.05) is 43.4 Å². The van der Waals surface area contributed by atoms with Crippen LogP contribution in [0.25, 0.3) is 0 Å². The van der Waals surface area contributed by atoms with Gasteiger partial charge in [-0.15, -0.1) is 0 Å². The molecule has 90 valence electrons. The predicted octanol–water partition coefficient (Wildman–Crippen LogP) is 2.44. The van der Waals surface area contributed by atoms with Gasteiger partial charge in [-0.2, -0.15) is 0 Å². The maximum absolute atomic E-state index is 9.74. The highest BCUT2D eigenvalue weighted by Crippen LogP contribution is 2.31. The Bertz CT molecular complexity index is 278. The molecule has 2 N–H and O–H groups in total. The summed E-state index contributed by atoms with van der Waals surface area (Å²) in [5, 5.41) is 19.3. The molecule has 0 spiro atoms. The van der Waals surface area contributed by atoms with Crippen LogP contribution in [0.15, 0.2) is 36.5 Å². The second-order valence-corrected chi connectivity index (χ2v) is 4.51. The molecule has 1 fully saturated rings. The molecule has 0 aromatic carbocycles. The van der Waals surface area contributed by atoms with Gasteiger partial charge in [0.1, 0.15) is 0 Å². The van der Waals surface area contributed by atoms with Crippen LogP contribution in [0.4, 0.5) is 0 Å². The highest BCUT2D eigenvalue weighted by Gasteiger charge is 2.31. The van der Waals surface area contributed by atoms with E-state index in [1.165, 1.54) is 0 Å². The van der Waals surface area contributed by atoms with E-state index in [-0.39, 0.29) is 24.0 Å². The molecule has 4 atom stereocenters. The first-order chi connectivity index (χ1) is 7.65. The SMILES string of the molecule is C\C=C/C=C\C=C/[C@H]1C[C@@H](O)C[C@H](O)[C@@H]1C. The molecule has 0 unspecified atom stereocenters. The lowest BCUT2D eigenvalue weighted by atomic mass is 9.77. The fraction of sp³-hybridized carbons (Fsp3) is 0.571. The number of allylic oxidation sites excluding steroid dienone is 6. The third kappa shape index (κ3) is 3.95. The van der Waals surface area contributed by atoms with Crippen LogP contribution < -0.4 is 0 Å². The maximum Gasteiger partial charge on any atom is 0.0596 e. The summed E-state index contributed by atoms with van der Waals surface area (Å²) in [5.41, 5.74) is 0. The van der Waals surface area contributed by atoms with E-state index in [4.69, 9.17) is 0 Å². The van der Waals surface area contributed by atoms with Gasteiger partial charge in [0.15, 0.2) is 0 Å². The largest absolute Gasteiger partial charge is 0.393 e. The van der Waals surface area contributed by atoms with E-state index in [1.807, 2.05) is 44.2 Å². The van der Waals surface area contributed by atoms with Crippen molar-refractivity contribution >= 4 is 0 Å². The van der Waals surface area contributed by atoms with Gasteiger partial charge in [0.25, 0.3) is 0 Å². The van der Waals surface area contributed by atoms with Crippen molar-refractivity contribution in [2.75, 3.05) is 0 Å². The van der Waals surface area contributed by atoms with Crippen molar-refractivity contribution in [1.29, 1.82) is 0 Å². The summed E-state index contributed by atoms with van der Waals surface area (Å²) in [5.74, 6) is 0.503. The lowest BCUT2D eigenvalue weighted by Crippen LogP contribution is -2.36. The molecule has 1 rings (SSSR count). The molecular formula is C14H22O2. The summed E-state index contributed by atoms with van der Waals surface area (Å²) in [6.07, 6.45) is 12.5. The van der Waals surface area contributed by atoms with Crippen molar-refractivity contribution in [1.82, 2.24) is 0 Å². The minimum Gasteiger partial charge on any atom is -0.393 e. The lowest BCUT2D eigenvalue weighted by molar-refractivity contribution is -0.0128. The van der Waals surface area contributed by atoms with Gasteiger partial charge in [0.05, 0.1) is 12.2 Å². The Morgan fingerprint density at radius 3 is 2.38 bits per heavy atom. The second kappa shape index (κ2) is 6.66. The van der Waals surface area contributed by atoms with Crippen LogP contribution in [-0.4, -0.2) is 22.4 Å². The van der Waals surface area contributed by atoms with Crippen molar-refractivity contribution in [2.24, 2.45) is 11.8 Å². The summed E-state index contributed by atoms with van der Waals surface area (Å²) < 4.78 is 0. The lowest BCUT2D eigenvalue weighted by Gasteiger charge is -2.34. The molecule has 16 heavy (non-hydrogen) atoms. The predicted molar refractivity (Wildman–Crippen MR) is 67.0 cm³/mol. The van der Waals surface area contributed by atoms with Crippen LogP contribution in [0, 0.1) is 11.8 Å². The van der Waals surface area contributed by atoms with Crippen LogP contribution in [0.2, 0.25) is 0 Å². The van der Waals surface area contributed by atoms with E-state index in [1.54, 1.807) is 0 Å². The van der Waals surface area contributed by atoms with Gasteiger partial charge in [0.2, 0.25) is 0 Å². The monoisotopic (exact) mass is 222 g/mol. The van der Waals surface area contributed by atoms with E-state index >= 15 is 0 Å². The fourth-order valence-corrected chi connectivity index (χ4v) is 2.10. The molecule has 0 aliphatic heterocycles. The molecule has 2 heteroatoms. The third-order valence-corrected chi connectivity index (χ3v) is 3.22. The van der Waals surface area contributed by atoms with Crippen molar-refractivity contribution in [3.63, 3.8) is 0 Å². The first-order valence-electron chi connectivity index (χ1n) is 5.97. The molecule has 0 aromatic rings. The zero-order valence-corrected chi connectivity index (χ0v) is 10.1. The maximum atomic E-state index is 9.74. The van der Waals surface area contributed by atoms with Crippen molar-refractivity contribution in [2.45, 2.75) is 38.9 Å². The Kier molecular flexibility index (Phi) is 5.50. The summed E-state index contributed by atoms with van der Waals surface area (Å²) in [7, 11) is 0. The van der Waals surface area contributed by atoms with E-state index in [2.05, 4.69) is 6.08 Å². The van der Waals surface area contributed by atoms with Crippen molar-refractivity contribution in [3.8, 4) is 0 Å². The average molecular weight is 222 g/mol. The molecule has 0 radical (unpaired) electrons. The number of aliphatic hydroxyl groups excluding tert-OH is 2. The topological polar surface area (TPSA) is 40.5 Å². The molecule has 0 bridgehead atoms. The average Bonchev–Trinajstić information content (AvgIpc) is 2.24. The minimum absolute atomic E-state index is 0.231. The molecule has 0 saturated heterocycles. The van der Waals surface area contributed by atoms with E-state index in [0.717, 1.165) is 6.42 Å². The van der Waals surface area contributed by atoms with E-state index in [0.29, 0.717) is 6.42 Å². The third-order valence-electron chi connectivity index (χ3n) is 3.22. The molecule has 0 amide bonds. The summed E-state index contributed by atoms with van der Waals surface area (Å²) >= 11 is 0. The molecule has 1 saturated carbocycles. The quantitative estimate of drug-likeness (QED) is 0.720. The highest BCUT2D eigenvalue weighted by atomic mass is 16.3. The Hall–Kier alpha value is -0.860. The van der Waals surface area contributed by atoms with E-state index < -0.39 is 0 Å². The Balaban J connectivity index is 2.51. The second-order valence-electron chi connectivity index (χ2n) is 4.51. The van der Waals surface area contributed by atoms with Crippen LogP contribution in [0.3, 0.4) is 0 Å². The standard InChI is InChI=1S/C14H22O2/c1-3-4-5-6-7-8-12-9-13(15)10-14(16)11(12)2/h3-8,11-16H,9-10H2,1-2H3/b4-3-,6-5-,8-7-/t11-,12+,13-,14+/m1/s1. The molecule has 0 heterocycles. The van der Waals surface area contributed by atoms with Gasteiger partial charge in [-0.25, -0.2) is 0 Å². The molecule has 1 aliphatic carbocycles. The molecule has 0 aromatic heterocycles. The van der Waals surface area contributed by atoms with Crippen LogP contribution in [0.1, 0.15) is 26.7 Å². The number of aliphatic hydroxyl groups is 2. The van der Waals surface area contributed by atoms with Crippen molar-refractivity contribution in [3.05, 3.63) is 36.5 Å². The van der Waals surface area contributed by atoms with Crippen molar-refractivity contribution < 1.29 is 10.2 Å². The zero-order chi connectivity index (χ0) is 12.0. The Morgan fingerprint density at radius 2 is 1.69 bits per heavy atom. The van der Waals surface area contributed by atoms with Gasteiger partial charge in [-0.3, -0.25) is 0 Å². The number of hydrogen-bond donors (Lipinski definition) is 2. The first-order valence-corrected chi connectivity index (χ1v) is 5.97. The van der Waals surface area contributed by atoms with Gasteiger partial charge in [0, 0.05) is 0 Å². The number of rotatable bonds is 3. The smallest absolute Gasteiger partial charge is 0.0596 e. The van der Waals surface area contributed by atoms with Crippen LogP contribution >= 0.6 is 0 Å². The molecule has 2 nitrogen and oxygen atoms in total. The normalized spacial score (nSPS) is 36.8. The zero-order valence-electron chi connectivity index (χ0n) is 10.1. The Morgan fingerprint density at radius 1 is 1.00 bits per heavy atom. The van der Waals surface area contributed by atoms with Gasteiger partial charge >= 0.3 is 0 Å².